The molecule has 3 heterocycles. The van der Waals surface area contributed by atoms with E-state index in [-0.39, 0.29) is 0 Å². The summed E-state index contributed by atoms with van der Waals surface area (Å²) in [5.41, 5.74) is 7.95. The maximum Gasteiger partial charge on any atom is 0.147 e. The molecule has 0 radical (unpaired) electrons. The van der Waals surface area contributed by atoms with E-state index < -0.39 is 0 Å². The molecule has 3 rings (SSSR count). The van der Waals surface area contributed by atoms with Gasteiger partial charge in [-0.2, -0.15) is 4.37 Å². The number of hydrogen-bond donors (Lipinski definition) is 2. The van der Waals surface area contributed by atoms with Gasteiger partial charge in [0.2, 0.25) is 0 Å². The molecule has 0 aliphatic carbocycles. The van der Waals surface area contributed by atoms with Crippen LogP contribution in [0.15, 0.2) is 24.5 Å². The zero-order chi connectivity index (χ0) is 14.5. The van der Waals surface area contributed by atoms with Gasteiger partial charge in [0.15, 0.2) is 0 Å². The lowest BCUT2D eigenvalue weighted by atomic mass is 10.1. The highest BCUT2D eigenvalue weighted by Crippen LogP contribution is 2.36. The van der Waals surface area contributed by atoms with Crippen LogP contribution in [0.4, 0.5) is 10.8 Å². The third-order valence-corrected chi connectivity index (χ3v) is 4.51. The molecule has 0 aromatic carbocycles. The van der Waals surface area contributed by atoms with Crippen molar-refractivity contribution in [3.8, 4) is 11.1 Å². The summed E-state index contributed by atoms with van der Waals surface area (Å²) >= 11 is 1.40. The Morgan fingerprint density at radius 1 is 1.43 bits per heavy atom. The summed E-state index contributed by atoms with van der Waals surface area (Å²) in [5.74, 6) is 0.560. The molecule has 6 heteroatoms. The smallest absolute Gasteiger partial charge is 0.147 e. The predicted molar refractivity (Wildman–Crippen MR) is 86.5 cm³/mol. The fourth-order valence-electron chi connectivity index (χ4n) is 2.59. The number of nitrogen functional groups attached to an aromatic ring is 1. The Labute approximate surface area is 128 Å². The largest absolute Gasteiger partial charge is 0.382 e. The van der Waals surface area contributed by atoms with Crippen LogP contribution < -0.4 is 11.1 Å². The van der Waals surface area contributed by atoms with Crippen molar-refractivity contribution in [2.24, 2.45) is 0 Å². The summed E-state index contributed by atoms with van der Waals surface area (Å²) in [6.07, 6.45) is 8.62. The van der Waals surface area contributed by atoms with Crippen molar-refractivity contribution in [1.82, 2.24) is 9.36 Å². The molecule has 1 unspecified atom stereocenters. The molecule has 5 nitrogen and oxygen atoms in total. The highest BCUT2D eigenvalue weighted by atomic mass is 32.1. The molecule has 0 amide bonds. The summed E-state index contributed by atoms with van der Waals surface area (Å²) in [7, 11) is 0. The molecular weight excluding hydrogens is 284 g/mol. The summed E-state index contributed by atoms with van der Waals surface area (Å²) in [5, 5.41) is 4.46. The Morgan fingerprint density at radius 2 is 2.38 bits per heavy atom. The first-order valence-corrected chi connectivity index (χ1v) is 8.13. The maximum absolute atomic E-state index is 5.99. The van der Waals surface area contributed by atoms with Gasteiger partial charge in [0.1, 0.15) is 10.8 Å². The van der Waals surface area contributed by atoms with E-state index in [0.717, 1.165) is 35.7 Å². The molecule has 1 fully saturated rings. The number of aromatic nitrogens is 2. The third kappa shape index (κ3) is 3.51. The van der Waals surface area contributed by atoms with Crippen molar-refractivity contribution in [3.63, 3.8) is 0 Å². The lowest BCUT2D eigenvalue weighted by molar-refractivity contribution is 0.0134. The Balaban J connectivity index is 1.63. The van der Waals surface area contributed by atoms with Crippen molar-refractivity contribution in [1.29, 1.82) is 0 Å². The maximum atomic E-state index is 5.99. The molecule has 1 aliphatic rings. The monoisotopic (exact) mass is 304 g/mol. The van der Waals surface area contributed by atoms with Gasteiger partial charge in [0.05, 0.1) is 11.7 Å². The van der Waals surface area contributed by atoms with Crippen molar-refractivity contribution < 1.29 is 4.74 Å². The van der Waals surface area contributed by atoms with E-state index >= 15 is 0 Å². The van der Waals surface area contributed by atoms with E-state index in [1.54, 1.807) is 6.20 Å². The second kappa shape index (κ2) is 6.87. The predicted octanol–water partition coefficient (Wildman–Crippen LogP) is 3.16. The number of rotatable bonds is 5. The van der Waals surface area contributed by atoms with Crippen LogP contribution >= 0.6 is 11.5 Å². The van der Waals surface area contributed by atoms with E-state index in [0.29, 0.717) is 11.9 Å². The fourth-order valence-corrected chi connectivity index (χ4v) is 3.36. The number of pyridine rings is 1. The first-order valence-electron chi connectivity index (χ1n) is 7.35. The number of nitrogens with one attached hydrogen (secondary N) is 1. The minimum atomic E-state index is 0.387. The third-order valence-electron chi connectivity index (χ3n) is 3.69. The first-order chi connectivity index (χ1) is 10.3. The molecular formula is C15H20N4OS. The number of anilines is 2. The topological polar surface area (TPSA) is 73.1 Å². The van der Waals surface area contributed by atoms with Crippen LogP contribution in [-0.4, -0.2) is 28.6 Å². The van der Waals surface area contributed by atoms with Crippen LogP contribution in [0.3, 0.4) is 0 Å². The number of hydrogen-bond acceptors (Lipinski definition) is 6. The zero-order valence-electron chi connectivity index (χ0n) is 11.9. The molecule has 0 bridgehead atoms. The molecule has 3 N–H and O–H groups in total. The van der Waals surface area contributed by atoms with Gasteiger partial charge in [0, 0.05) is 31.1 Å². The average Bonchev–Trinajstić information content (AvgIpc) is 2.90. The molecule has 1 aliphatic heterocycles. The Morgan fingerprint density at radius 3 is 3.14 bits per heavy atom. The normalized spacial score (nSPS) is 18.6. The summed E-state index contributed by atoms with van der Waals surface area (Å²) in [6, 6.07) is 3.91. The number of ether oxygens (including phenoxy) is 1. The van der Waals surface area contributed by atoms with E-state index in [1.807, 2.05) is 18.3 Å². The summed E-state index contributed by atoms with van der Waals surface area (Å²) in [4.78, 5) is 4.15. The van der Waals surface area contributed by atoms with E-state index in [4.69, 9.17) is 10.5 Å². The molecule has 0 saturated carbocycles. The van der Waals surface area contributed by atoms with Crippen molar-refractivity contribution in [2.75, 3.05) is 24.2 Å². The van der Waals surface area contributed by atoms with Gasteiger partial charge >= 0.3 is 0 Å². The minimum Gasteiger partial charge on any atom is -0.382 e. The van der Waals surface area contributed by atoms with Gasteiger partial charge in [-0.15, -0.1) is 0 Å². The van der Waals surface area contributed by atoms with Crippen LogP contribution in [0, 0.1) is 0 Å². The Kier molecular flexibility index (Phi) is 4.67. The second-order valence-corrected chi connectivity index (χ2v) is 5.99. The van der Waals surface area contributed by atoms with Gasteiger partial charge in [-0.3, -0.25) is 4.98 Å². The molecule has 1 atom stereocenters. The fraction of sp³-hybridized carbons (Fsp3) is 0.467. The van der Waals surface area contributed by atoms with Crippen LogP contribution in [0.25, 0.3) is 11.1 Å². The lowest BCUT2D eigenvalue weighted by Crippen LogP contribution is -2.21. The second-order valence-electron chi connectivity index (χ2n) is 5.22. The van der Waals surface area contributed by atoms with Crippen molar-refractivity contribution in [2.45, 2.75) is 31.8 Å². The number of nitrogens with two attached hydrogens (primary N) is 1. The van der Waals surface area contributed by atoms with Gasteiger partial charge in [-0.25, -0.2) is 0 Å². The highest BCUT2D eigenvalue weighted by Gasteiger charge is 2.16. The van der Waals surface area contributed by atoms with E-state index in [9.17, 15) is 0 Å². The highest BCUT2D eigenvalue weighted by molar-refractivity contribution is 7.11. The van der Waals surface area contributed by atoms with Crippen molar-refractivity contribution in [3.05, 3.63) is 24.5 Å². The quantitative estimate of drug-likeness (QED) is 0.887. The van der Waals surface area contributed by atoms with Crippen LogP contribution in [0.1, 0.15) is 25.7 Å². The molecule has 112 valence electrons. The minimum absolute atomic E-state index is 0.387. The van der Waals surface area contributed by atoms with Gasteiger partial charge in [-0.1, -0.05) is 6.07 Å². The molecule has 2 aromatic rings. The summed E-state index contributed by atoms with van der Waals surface area (Å²) < 4.78 is 10.0. The standard InChI is InChI=1S/C15H20N4OS/c16-14-13(11-4-3-7-17-10-11)15(21-19-14)18-8-6-12-5-1-2-9-20-12/h3-4,7,10,12,18H,1-2,5-6,8-9H2,(H2,16,19). The van der Waals surface area contributed by atoms with E-state index in [1.165, 1.54) is 30.8 Å². The molecule has 1 saturated heterocycles. The molecule has 0 spiro atoms. The Hall–Kier alpha value is -1.66. The first kappa shape index (κ1) is 14.3. The van der Waals surface area contributed by atoms with Gasteiger partial charge in [0.25, 0.3) is 0 Å². The van der Waals surface area contributed by atoms with Crippen LogP contribution in [0.5, 0.6) is 0 Å². The van der Waals surface area contributed by atoms with Crippen LogP contribution in [0.2, 0.25) is 0 Å². The van der Waals surface area contributed by atoms with Gasteiger partial charge < -0.3 is 15.8 Å². The average molecular weight is 304 g/mol. The van der Waals surface area contributed by atoms with Crippen molar-refractivity contribution >= 4 is 22.4 Å². The lowest BCUT2D eigenvalue weighted by Gasteiger charge is -2.22. The molecule has 21 heavy (non-hydrogen) atoms. The van der Waals surface area contributed by atoms with Gasteiger partial charge in [-0.05, 0) is 43.3 Å². The Bertz CT molecular complexity index is 566. The number of nitrogens with zero attached hydrogens (tertiary/aromatic N) is 2. The van der Waals surface area contributed by atoms with Crippen LogP contribution in [-0.2, 0) is 4.74 Å². The summed E-state index contributed by atoms with van der Waals surface area (Å²) in [6.45, 7) is 1.78. The zero-order valence-corrected chi connectivity index (χ0v) is 12.7. The SMILES string of the molecule is Nc1nsc(NCCC2CCCCO2)c1-c1cccnc1. The van der Waals surface area contributed by atoms with E-state index in [2.05, 4.69) is 14.7 Å². The molecule has 2 aromatic heterocycles.